The molecule has 4 aliphatic rings. The lowest BCUT2D eigenvalue weighted by molar-refractivity contribution is -0.145. The van der Waals surface area contributed by atoms with Crippen LogP contribution in [-0.2, 0) is 14.4 Å². The van der Waals surface area contributed by atoms with Gasteiger partial charge in [-0.3, -0.25) is 19.3 Å². The van der Waals surface area contributed by atoms with Crippen molar-refractivity contribution in [3.05, 3.63) is 0 Å². The quantitative estimate of drug-likeness (QED) is 0.505. The third kappa shape index (κ3) is 4.87. The van der Waals surface area contributed by atoms with Gasteiger partial charge in [0.2, 0.25) is 17.7 Å². The molecular weight excluding hydrogens is 420 g/mol. The minimum absolute atomic E-state index is 0.0434. The van der Waals surface area contributed by atoms with Crippen LogP contribution >= 0.6 is 0 Å². The van der Waals surface area contributed by atoms with Gasteiger partial charge >= 0.3 is 0 Å². The second-order valence-corrected chi connectivity index (χ2v) is 11.3. The number of nitrogens with one attached hydrogen (secondary N) is 3. The second-order valence-electron chi connectivity index (χ2n) is 11.3. The molecule has 4 fully saturated rings. The fraction of sp³-hybridized carbons (Fsp3) is 0.833. The molecule has 0 aliphatic carbocycles. The van der Waals surface area contributed by atoms with E-state index in [9.17, 15) is 19.6 Å². The van der Waals surface area contributed by atoms with Crippen molar-refractivity contribution in [1.82, 2.24) is 25.8 Å². The van der Waals surface area contributed by atoms with Gasteiger partial charge in [0.25, 0.3) is 0 Å². The van der Waals surface area contributed by atoms with Crippen LogP contribution in [0.1, 0.15) is 47.0 Å². The number of amides is 3. The molecule has 33 heavy (non-hydrogen) atoms. The highest BCUT2D eigenvalue weighted by Crippen LogP contribution is 2.36. The molecule has 4 aliphatic heterocycles. The van der Waals surface area contributed by atoms with E-state index in [1.807, 2.05) is 13.8 Å². The van der Waals surface area contributed by atoms with Crippen LogP contribution < -0.4 is 16.0 Å². The van der Waals surface area contributed by atoms with E-state index in [-0.39, 0.29) is 41.5 Å². The average Bonchev–Trinajstić information content (AvgIpc) is 3.28. The van der Waals surface area contributed by atoms with Crippen molar-refractivity contribution in [2.45, 2.75) is 71.1 Å². The molecule has 0 aromatic rings. The van der Waals surface area contributed by atoms with Crippen LogP contribution in [0.5, 0.6) is 0 Å². The standard InChI is InChI=1S/C24H38N6O3/c1-14(2)17-5-6-30-19(17)22(32)28-16(11-25)9-15-10-18(26-12-15)21(31)27-13-24(3,4)20(23(30)33)29-7-8-29/h14-20,26H,5-10,12-13H2,1-4H3,(H,27,31)(H,28,32)/t15-,16?,17-,18+,19+,20-/m1/s1. The van der Waals surface area contributed by atoms with Crippen LogP contribution in [0.15, 0.2) is 0 Å². The van der Waals surface area contributed by atoms with E-state index in [2.05, 4.69) is 40.8 Å². The summed E-state index contributed by atoms with van der Waals surface area (Å²) in [5, 5.41) is 19.0. The Morgan fingerprint density at radius 2 is 1.82 bits per heavy atom. The predicted octanol–water partition coefficient (Wildman–Crippen LogP) is 0.0763. The second kappa shape index (κ2) is 9.22. The summed E-state index contributed by atoms with van der Waals surface area (Å²) in [6.07, 6.45) is 1.91. The van der Waals surface area contributed by atoms with Crippen LogP contribution in [0.4, 0.5) is 0 Å². The summed E-state index contributed by atoms with van der Waals surface area (Å²) in [6.45, 7) is 11.5. The Bertz CT molecular complexity index is 833. The highest BCUT2D eigenvalue weighted by Gasteiger charge is 2.51. The lowest BCUT2D eigenvalue weighted by Crippen LogP contribution is -2.59. The van der Waals surface area contributed by atoms with Crippen molar-refractivity contribution in [3.63, 3.8) is 0 Å². The molecule has 4 heterocycles. The van der Waals surface area contributed by atoms with Crippen LogP contribution in [-0.4, -0.2) is 84.4 Å². The number of hydrogen-bond donors (Lipinski definition) is 3. The minimum Gasteiger partial charge on any atom is -0.354 e. The zero-order chi connectivity index (χ0) is 23.9. The van der Waals surface area contributed by atoms with Crippen LogP contribution in [0.3, 0.4) is 0 Å². The van der Waals surface area contributed by atoms with Gasteiger partial charge in [0.1, 0.15) is 12.1 Å². The summed E-state index contributed by atoms with van der Waals surface area (Å²) in [7, 11) is 0. The molecule has 2 bridgehead atoms. The van der Waals surface area contributed by atoms with E-state index in [4.69, 9.17) is 0 Å². The van der Waals surface area contributed by atoms with E-state index in [0.29, 0.717) is 32.5 Å². The van der Waals surface area contributed by atoms with Gasteiger partial charge < -0.3 is 20.9 Å². The van der Waals surface area contributed by atoms with E-state index < -0.39 is 23.5 Å². The lowest BCUT2D eigenvalue weighted by Gasteiger charge is -2.39. The number of nitriles is 1. The third-order valence-corrected chi connectivity index (χ3v) is 7.97. The molecule has 9 nitrogen and oxygen atoms in total. The summed E-state index contributed by atoms with van der Waals surface area (Å²) in [5.41, 5.74) is -0.492. The van der Waals surface area contributed by atoms with Gasteiger partial charge in [0.15, 0.2) is 0 Å². The zero-order valence-electron chi connectivity index (χ0n) is 20.3. The molecular formula is C24H38N6O3. The van der Waals surface area contributed by atoms with Gasteiger partial charge in [-0.1, -0.05) is 27.7 Å². The van der Waals surface area contributed by atoms with Gasteiger partial charge in [0, 0.05) is 31.6 Å². The van der Waals surface area contributed by atoms with Gasteiger partial charge in [-0.05, 0) is 43.6 Å². The topological polar surface area (TPSA) is 117 Å². The third-order valence-electron chi connectivity index (χ3n) is 7.97. The lowest BCUT2D eigenvalue weighted by atomic mass is 9.82. The van der Waals surface area contributed by atoms with Crippen LogP contribution in [0.2, 0.25) is 0 Å². The van der Waals surface area contributed by atoms with Crippen molar-refractivity contribution >= 4 is 17.7 Å². The van der Waals surface area contributed by atoms with Crippen molar-refractivity contribution in [3.8, 4) is 6.07 Å². The summed E-state index contributed by atoms with van der Waals surface area (Å²) in [5.74, 6) is 0.107. The van der Waals surface area contributed by atoms with Crippen LogP contribution in [0, 0.1) is 34.5 Å². The Hall–Kier alpha value is -2.18. The summed E-state index contributed by atoms with van der Waals surface area (Å²) < 4.78 is 0. The summed E-state index contributed by atoms with van der Waals surface area (Å²) in [4.78, 5) is 44.2. The first kappa shape index (κ1) is 24.0. The molecule has 0 spiro atoms. The fourth-order valence-corrected chi connectivity index (χ4v) is 6.01. The van der Waals surface area contributed by atoms with E-state index >= 15 is 0 Å². The minimum atomic E-state index is -0.638. The van der Waals surface area contributed by atoms with E-state index in [0.717, 1.165) is 19.5 Å². The molecule has 0 saturated carbocycles. The number of carbonyl (C=O) groups excluding carboxylic acids is 3. The maximum Gasteiger partial charge on any atom is 0.244 e. The molecule has 9 heteroatoms. The Morgan fingerprint density at radius 3 is 2.45 bits per heavy atom. The molecule has 0 aromatic heterocycles. The number of fused-ring (bicyclic) bond motifs is 3. The Kier molecular flexibility index (Phi) is 6.70. The first-order valence-electron chi connectivity index (χ1n) is 12.4. The van der Waals surface area contributed by atoms with Crippen molar-refractivity contribution < 1.29 is 14.4 Å². The maximum atomic E-state index is 13.9. The largest absolute Gasteiger partial charge is 0.354 e. The summed E-state index contributed by atoms with van der Waals surface area (Å²) >= 11 is 0. The molecule has 3 N–H and O–H groups in total. The highest BCUT2D eigenvalue weighted by atomic mass is 16.2. The molecule has 0 radical (unpaired) electrons. The Morgan fingerprint density at radius 1 is 1.09 bits per heavy atom. The molecule has 4 saturated heterocycles. The molecule has 1 unspecified atom stereocenters. The summed E-state index contributed by atoms with van der Waals surface area (Å²) in [6, 6.07) is 0.314. The predicted molar refractivity (Wildman–Crippen MR) is 123 cm³/mol. The highest BCUT2D eigenvalue weighted by molar-refractivity contribution is 5.91. The van der Waals surface area contributed by atoms with Gasteiger partial charge in [-0.15, -0.1) is 0 Å². The smallest absolute Gasteiger partial charge is 0.244 e. The van der Waals surface area contributed by atoms with Crippen molar-refractivity contribution in [2.75, 3.05) is 32.7 Å². The normalized spacial score (nSPS) is 37.6. The first-order valence-corrected chi connectivity index (χ1v) is 12.4. The fourth-order valence-electron chi connectivity index (χ4n) is 6.01. The van der Waals surface area contributed by atoms with Gasteiger partial charge in [-0.25, -0.2) is 0 Å². The molecule has 182 valence electrons. The molecule has 3 amide bonds. The average molecular weight is 459 g/mol. The van der Waals surface area contributed by atoms with E-state index in [1.165, 1.54) is 0 Å². The number of carbonyl (C=O) groups is 3. The first-order chi connectivity index (χ1) is 15.6. The van der Waals surface area contributed by atoms with E-state index in [1.54, 1.807) is 4.90 Å². The van der Waals surface area contributed by atoms with Crippen LogP contribution in [0.25, 0.3) is 0 Å². The number of nitrogens with zero attached hydrogens (tertiary/aromatic N) is 3. The van der Waals surface area contributed by atoms with Gasteiger partial charge in [0.05, 0.1) is 18.2 Å². The zero-order valence-corrected chi connectivity index (χ0v) is 20.3. The molecule has 6 atom stereocenters. The number of hydrogen-bond acceptors (Lipinski definition) is 6. The van der Waals surface area contributed by atoms with Gasteiger partial charge in [-0.2, -0.15) is 5.26 Å². The Balaban J connectivity index is 1.68. The Labute approximate surface area is 196 Å². The monoisotopic (exact) mass is 458 g/mol. The molecule has 0 aromatic carbocycles. The number of rotatable bonds is 2. The SMILES string of the molecule is CC(C)[C@H]1CCN2C(=O)[C@@H](N3CC3)C(C)(C)CNC(=O)[C@@H]3C[C@H](CN3)CC(C#N)NC(=O)[C@H]12. The van der Waals surface area contributed by atoms with Crippen molar-refractivity contribution in [2.24, 2.45) is 23.2 Å². The maximum absolute atomic E-state index is 13.9. The van der Waals surface area contributed by atoms with Crippen molar-refractivity contribution in [1.29, 1.82) is 5.26 Å². The molecule has 4 rings (SSSR count).